The molecule has 5 heavy (non-hydrogen) atoms. The minimum atomic E-state index is 0. The second-order valence-corrected chi connectivity index (χ2v) is 3.22. The minimum Gasteiger partial charge on any atom is 1.00 e. The molecule has 0 atom stereocenters. The first kappa shape index (κ1) is 10.3. The zero-order valence-electron chi connectivity index (χ0n) is 2.67. The fourth-order valence-electron chi connectivity index (χ4n) is 0. The molecule has 0 aliphatic heterocycles. The molecule has 0 aromatic carbocycles. The third-order valence-electron chi connectivity index (χ3n) is 0.0289. The summed E-state index contributed by atoms with van der Waals surface area (Å²) in [5.41, 5.74) is 0. The summed E-state index contributed by atoms with van der Waals surface area (Å²) in [7, 11) is 0. The molecule has 0 spiro atoms. The van der Waals surface area contributed by atoms with Crippen molar-refractivity contribution < 1.29 is 69.1 Å². The summed E-state index contributed by atoms with van der Waals surface area (Å²) in [6.45, 7) is 0. The Hall–Kier alpha value is 2.33. The second kappa shape index (κ2) is 9.59. The van der Waals surface area contributed by atoms with Crippen LogP contribution in [0.1, 0.15) is 0 Å². The van der Waals surface area contributed by atoms with E-state index in [1.165, 1.54) is 0 Å². The first-order chi connectivity index (χ1) is 1.91. The van der Waals surface area contributed by atoms with Gasteiger partial charge in [-0.3, -0.25) is 0 Å². The van der Waals surface area contributed by atoms with E-state index in [2.05, 4.69) is 0 Å². The molecule has 0 amide bonds. The Morgan fingerprint density at radius 2 is 2.00 bits per heavy atom. The van der Waals surface area contributed by atoms with Crippen molar-refractivity contribution in [3.05, 3.63) is 0 Å². The van der Waals surface area contributed by atoms with Crippen molar-refractivity contribution >= 4 is 12.3 Å². The normalized spacial score (nSPS) is 4.20. The van der Waals surface area contributed by atoms with Crippen molar-refractivity contribution in [2.24, 2.45) is 0 Å². The number of hydrogen-bond acceptors (Lipinski definition) is 1. The Bertz CT molecular complexity index is 41.4. The molecular formula is CKNPtSe. The maximum atomic E-state index is 7.65. The van der Waals surface area contributed by atoms with E-state index in [1.54, 1.807) is 0 Å². The molecule has 0 bridgehead atoms. The number of hydrogen-bond donors (Lipinski definition) is 0. The number of nitrogens with zero attached hydrogens (tertiary/aromatic N) is 1. The van der Waals surface area contributed by atoms with Gasteiger partial charge in [-0.15, -0.1) is 0 Å². The maximum Gasteiger partial charge on any atom is 1.00 e. The van der Waals surface area contributed by atoms with Crippen molar-refractivity contribution in [3.63, 3.8) is 0 Å². The van der Waals surface area contributed by atoms with Crippen LogP contribution in [-0.2, 0) is 17.7 Å². The van der Waals surface area contributed by atoms with Gasteiger partial charge in [-0.25, -0.2) is 0 Å². The number of rotatable bonds is 0. The van der Waals surface area contributed by atoms with E-state index < -0.39 is 0 Å². The third kappa shape index (κ3) is 10.7. The molecular weight excluding hydrogens is 339 g/mol. The van der Waals surface area contributed by atoms with Crippen molar-refractivity contribution in [3.8, 4) is 4.97 Å². The summed E-state index contributed by atoms with van der Waals surface area (Å²) in [5, 5.41) is 7.65. The van der Waals surface area contributed by atoms with Gasteiger partial charge in [0.2, 0.25) is 0 Å². The average molecular weight is 339 g/mol. The topological polar surface area (TPSA) is 23.8 Å². The van der Waals surface area contributed by atoms with Gasteiger partial charge in [0.1, 0.15) is 0 Å². The van der Waals surface area contributed by atoms with Gasteiger partial charge in [-0.1, -0.05) is 0 Å². The molecule has 0 aromatic rings. The zero-order chi connectivity index (χ0) is 3.41. The number of nitriles is 1. The van der Waals surface area contributed by atoms with Crippen LogP contribution in [0, 0.1) is 10.2 Å². The molecule has 0 fully saturated rings. The fourth-order valence-corrected chi connectivity index (χ4v) is 0. The third-order valence-corrected chi connectivity index (χ3v) is 1.23. The van der Waals surface area contributed by atoms with Crippen molar-refractivity contribution in [2.75, 3.05) is 0 Å². The van der Waals surface area contributed by atoms with Crippen LogP contribution in [0.4, 0.5) is 0 Å². The molecule has 0 rings (SSSR count). The molecule has 0 saturated carbocycles. The van der Waals surface area contributed by atoms with Crippen LogP contribution in [0.5, 0.6) is 0 Å². The largest absolute Gasteiger partial charge is 1.00 e. The minimum absolute atomic E-state index is 0. The molecule has 0 saturated heterocycles. The van der Waals surface area contributed by atoms with Crippen molar-refractivity contribution in [2.45, 2.75) is 0 Å². The standard InChI is InChI=1S/CHNSe.K.Pt/c2-1-3;;/h3H;;/q;+1;/p-1. The van der Waals surface area contributed by atoms with Gasteiger partial charge in [0.25, 0.3) is 0 Å². The SMILES string of the molecule is N#C[Se][Pt-].[K+]. The quantitative estimate of drug-likeness (QED) is 0.423. The Morgan fingerprint density at radius 1 is 1.80 bits per heavy atom. The van der Waals surface area contributed by atoms with E-state index in [1.807, 2.05) is 22.7 Å². The van der Waals surface area contributed by atoms with Crippen LogP contribution in [0.25, 0.3) is 0 Å². The first-order valence-corrected chi connectivity index (χ1v) is 6.78. The molecule has 1 nitrogen and oxygen atoms in total. The van der Waals surface area contributed by atoms with Gasteiger partial charge in [-0.2, -0.15) is 0 Å². The maximum absolute atomic E-state index is 7.65. The van der Waals surface area contributed by atoms with E-state index in [4.69, 9.17) is 5.26 Å². The zero-order valence-corrected chi connectivity index (χ0v) is 9.78. The molecule has 4 heteroatoms. The smallest absolute Gasteiger partial charge is 1.00 e. The molecule has 0 aliphatic carbocycles. The molecule has 0 aromatic heterocycles. The van der Waals surface area contributed by atoms with Crippen molar-refractivity contribution in [1.82, 2.24) is 0 Å². The van der Waals surface area contributed by atoms with Gasteiger partial charge in [0.05, 0.1) is 0 Å². The molecule has 0 aliphatic rings. The van der Waals surface area contributed by atoms with Crippen LogP contribution >= 0.6 is 0 Å². The van der Waals surface area contributed by atoms with E-state index in [-0.39, 0.29) is 63.7 Å². The van der Waals surface area contributed by atoms with Gasteiger partial charge in [0, 0.05) is 0 Å². The predicted octanol–water partition coefficient (Wildman–Crippen LogP) is -3.36. The van der Waals surface area contributed by atoms with Crippen LogP contribution in [0.3, 0.4) is 0 Å². The van der Waals surface area contributed by atoms with Crippen molar-refractivity contribution in [1.29, 1.82) is 5.26 Å². The average Bonchev–Trinajstić information content (AvgIpc) is 1.37. The monoisotopic (exact) mass is 340 g/mol. The Morgan fingerprint density at radius 3 is 2.00 bits per heavy atom. The van der Waals surface area contributed by atoms with Gasteiger partial charge in [0.15, 0.2) is 0 Å². The van der Waals surface area contributed by atoms with E-state index >= 15 is 0 Å². The molecule has 0 N–H and O–H groups in total. The van der Waals surface area contributed by atoms with Crippen LogP contribution in [0.2, 0.25) is 0 Å². The Balaban J connectivity index is 0. The fraction of sp³-hybridized carbons (Fsp3) is 0. The summed E-state index contributed by atoms with van der Waals surface area (Å²) in [5.74, 6) is 0. The Labute approximate surface area is 89.4 Å². The molecule has 0 radical (unpaired) electrons. The van der Waals surface area contributed by atoms with Crippen LogP contribution in [0.15, 0.2) is 0 Å². The molecule has 0 unspecified atom stereocenters. The van der Waals surface area contributed by atoms with E-state index in [0.29, 0.717) is 0 Å². The summed E-state index contributed by atoms with van der Waals surface area (Å²) in [6, 6.07) is 0. The summed E-state index contributed by atoms with van der Waals surface area (Å²) in [4.78, 5) is 1.98. The predicted molar refractivity (Wildman–Crippen MR) is 11.4 cm³/mol. The van der Waals surface area contributed by atoms with Gasteiger partial charge >= 0.3 is 91.7 Å². The summed E-state index contributed by atoms with van der Waals surface area (Å²) >= 11 is 2.23. The van der Waals surface area contributed by atoms with E-state index in [0.717, 1.165) is 0 Å². The van der Waals surface area contributed by atoms with Crippen LogP contribution in [-0.4, -0.2) is 12.3 Å². The summed E-state index contributed by atoms with van der Waals surface area (Å²) < 4.78 is 0. The first-order valence-electron chi connectivity index (χ1n) is 0.557. The summed E-state index contributed by atoms with van der Waals surface area (Å²) in [6.07, 6.45) is 0. The van der Waals surface area contributed by atoms with Crippen LogP contribution < -0.4 is 51.4 Å². The second-order valence-electron chi connectivity index (χ2n) is 0.156. The Kier molecular flexibility index (Phi) is 19.8. The van der Waals surface area contributed by atoms with Gasteiger partial charge < -0.3 is 0 Å². The van der Waals surface area contributed by atoms with E-state index in [9.17, 15) is 0 Å². The molecule has 0 heterocycles. The van der Waals surface area contributed by atoms with Gasteiger partial charge in [-0.05, 0) is 0 Å². The molecule has 26 valence electrons.